The quantitative estimate of drug-likeness (QED) is 0.826. The summed E-state index contributed by atoms with van der Waals surface area (Å²) in [4.78, 5) is 40.1. The summed E-state index contributed by atoms with van der Waals surface area (Å²) < 4.78 is 5.40. The van der Waals surface area contributed by atoms with Gasteiger partial charge in [-0.15, -0.1) is 0 Å². The van der Waals surface area contributed by atoms with Gasteiger partial charge < -0.3 is 19.9 Å². The van der Waals surface area contributed by atoms with Crippen LogP contribution < -0.4 is 5.32 Å². The number of carbonyl (C=O) groups excluding carboxylic acids is 3. The highest BCUT2D eigenvalue weighted by molar-refractivity contribution is 5.80. The van der Waals surface area contributed by atoms with Crippen LogP contribution in [0.3, 0.4) is 0 Å². The molecular weight excluding hydrogens is 334 g/mol. The molecule has 0 aliphatic carbocycles. The number of nitrogens with zero attached hydrogens (tertiary/aromatic N) is 2. The van der Waals surface area contributed by atoms with E-state index in [1.54, 1.807) is 4.90 Å². The highest BCUT2D eigenvalue weighted by Crippen LogP contribution is 2.19. The Bertz CT molecular complexity index is 515. The summed E-state index contributed by atoms with van der Waals surface area (Å²) in [7, 11) is 0. The number of ether oxygens (including phenoxy) is 1. The van der Waals surface area contributed by atoms with Crippen LogP contribution in [0.4, 0.5) is 4.79 Å². The van der Waals surface area contributed by atoms with Crippen molar-refractivity contribution in [2.24, 2.45) is 5.92 Å². The lowest BCUT2D eigenvalue weighted by Crippen LogP contribution is -2.48. The third-order valence-corrected chi connectivity index (χ3v) is 4.80. The number of rotatable bonds is 4. The van der Waals surface area contributed by atoms with Gasteiger partial charge in [0.05, 0.1) is 5.92 Å². The predicted octanol–water partition coefficient (Wildman–Crippen LogP) is 2.15. The van der Waals surface area contributed by atoms with Gasteiger partial charge in [-0.3, -0.25) is 9.59 Å². The molecule has 1 unspecified atom stereocenters. The van der Waals surface area contributed by atoms with Gasteiger partial charge in [-0.2, -0.15) is 0 Å². The van der Waals surface area contributed by atoms with Crippen molar-refractivity contribution >= 4 is 17.9 Å². The fraction of sp³-hybridized carbons (Fsp3) is 0.842. The molecule has 0 aromatic rings. The number of hydrogen-bond donors (Lipinski definition) is 1. The van der Waals surface area contributed by atoms with Crippen molar-refractivity contribution in [2.45, 2.75) is 64.9 Å². The first-order chi connectivity index (χ1) is 12.3. The maximum atomic E-state index is 12.4. The lowest BCUT2D eigenvalue weighted by Gasteiger charge is -2.33. The first-order valence-corrected chi connectivity index (χ1v) is 9.80. The van der Waals surface area contributed by atoms with E-state index >= 15 is 0 Å². The van der Waals surface area contributed by atoms with E-state index in [1.807, 2.05) is 25.7 Å². The minimum Gasteiger partial charge on any atom is -0.444 e. The molecule has 0 radical (unpaired) electrons. The smallest absolute Gasteiger partial charge is 0.410 e. The number of amides is 3. The van der Waals surface area contributed by atoms with Crippen LogP contribution in [0, 0.1) is 5.92 Å². The Morgan fingerprint density at radius 2 is 1.92 bits per heavy atom. The van der Waals surface area contributed by atoms with Crippen molar-refractivity contribution in [3.63, 3.8) is 0 Å². The number of piperidine rings is 1. The number of likely N-dealkylation sites (tertiary alicyclic amines) is 2. The van der Waals surface area contributed by atoms with E-state index in [1.165, 1.54) is 0 Å². The average molecular weight is 367 g/mol. The van der Waals surface area contributed by atoms with Gasteiger partial charge >= 0.3 is 6.09 Å². The number of nitrogens with one attached hydrogen (secondary N) is 1. The van der Waals surface area contributed by atoms with Crippen molar-refractivity contribution in [1.29, 1.82) is 0 Å². The zero-order valence-corrected chi connectivity index (χ0v) is 16.4. The average Bonchev–Trinajstić information content (AvgIpc) is 2.78. The second-order valence-electron chi connectivity index (χ2n) is 8.25. The molecule has 2 heterocycles. The minimum atomic E-state index is -0.536. The molecule has 2 saturated heterocycles. The summed E-state index contributed by atoms with van der Waals surface area (Å²) in [5.74, 6) is -0.0675. The highest BCUT2D eigenvalue weighted by atomic mass is 16.6. The maximum Gasteiger partial charge on any atom is 0.410 e. The van der Waals surface area contributed by atoms with Crippen molar-refractivity contribution < 1.29 is 19.1 Å². The van der Waals surface area contributed by atoms with Gasteiger partial charge in [-0.05, 0) is 46.5 Å². The summed E-state index contributed by atoms with van der Waals surface area (Å²) in [6, 6.07) is 0. The Morgan fingerprint density at radius 1 is 1.15 bits per heavy atom. The van der Waals surface area contributed by atoms with Crippen LogP contribution in [0.5, 0.6) is 0 Å². The summed E-state index contributed by atoms with van der Waals surface area (Å²) in [6.45, 7) is 8.34. The first kappa shape index (κ1) is 20.5. The van der Waals surface area contributed by atoms with Gasteiger partial charge in [0, 0.05) is 39.1 Å². The maximum absolute atomic E-state index is 12.4. The van der Waals surface area contributed by atoms with Crippen LogP contribution in [0.1, 0.15) is 59.3 Å². The lowest BCUT2D eigenvalue weighted by atomic mass is 9.97. The Kier molecular flexibility index (Phi) is 7.29. The van der Waals surface area contributed by atoms with Crippen molar-refractivity contribution in [1.82, 2.24) is 15.1 Å². The van der Waals surface area contributed by atoms with E-state index in [0.29, 0.717) is 32.6 Å². The number of carbonyl (C=O) groups is 3. The molecule has 2 aliphatic rings. The van der Waals surface area contributed by atoms with Crippen molar-refractivity contribution in [3.05, 3.63) is 0 Å². The Hall–Kier alpha value is -1.79. The SMILES string of the molecule is CC(C)(C)OC(=O)N1CCCC(C(=O)NCCN2CCCCCC2=O)C1. The van der Waals surface area contributed by atoms with Crippen LogP contribution in [0.2, 0.25) is 0 Å². The second-order valence-corrected chi connectivity index (χ2v) is 8.25. The van der Waals surface area contributed by atoms with Crippen LogP contribution in [0.25, 0.3) is 0 Å². The van der Waals surface area contributed by atoms with Gasteiger partial charge in [0.2, 0.25) is 11.8 Å². The van der Waals surface area contributed by atoms with E-state index in [0.717, 1.165) is 38.6 Å². The van der Waals surface area contributed by atoms with Crippen molar-refractivity contribution in [3.8, 4) is 0 Å². The highest BCUT2D eigenvalue weighted by Gasteiger charge is 2.31. The summed E-state index contributed by atoms with van der Waals surface area (Å²) in [5.41, 5.74) is -0.536. The summed E-state index contributed by atoms with van der Waals surface area (Å²) in [5, 5.41) is 2.94. The molecule has 7 nitrogen and oxygen atoms in total. The molecular formula is C19H33N3O4. The molecule has 7 heteroatoms. The molecule has 2 fully saturated rings. The van der Waals surface area contributed by atoms with E-state index in [9.17, 15) is 14.4 Å². The zero-order valence-electron chi connectivity index (χ0n) is 16.4. The molecule has 2 aliphatic heterocycles. The van der Waals surface area contributed by atoms with Gasteiger partial charge in [-0.25, -0.2) is 4.79 Å². The fourth-order valence-electron chi connectivity index (χ4n) is 3.42. The lowest BCUT2D eigenvalue weighted by molar-refractivity contribution is -0.131. The largest absolute Gasteiger partial charge is 0.444 e. The van der Waals surface area contributed by atoms with Crippen LogP contribution in [-0.2, 0) is 14.3 Å². The van der Waals surface area contributed by atoms with Crippen LogP contribution >= 0.6 is 0 Å². The fourth-order valence-corrected chi connectivity index (χ4v) is 3.42. The molecule has 0 spiro atoms. The predicted molar refractivity (Wildman–Crippen MR) is 98.6 cm³/mol. The normalized spacial score (nSPS) is 22.0. The Labute approximate surface area is 156 Å². The Morgan fingerprint density at radius 3 is 2.65 bits per heavy atom. The molecule has 0 aromatic heterocycles. The van der Waals surface area contributed by atoms with Crippen LogP contribution in [0.15, 0.2) is 0 Å². The molecule has 148 valence electrons. The van der Waals surface area contributed by atoms with Gasteiger partial charge in [0.1, 0.15) is 5.60 Å². The third kappa shape index (κ3) is 6.50. The monoisotopic (exact) mass is 367 g/mol. The van der Waals surface area contributed by atoms with E-state index in [2.05, 4.69) is 5.32 Å². The minimum absolute atomic E-state index is 0.0412. The summed E-state index contributed by atoms with van der Waals surface area (Å²) >= 11 is 0. The molecule has 1 atom stereocenters. The molecule has 0 bridgehead atoms. The van der Waals surface area contributed by atoms with E-state index in [4.69, 9.17) is 4.74 Å². The van der Waals surface area contributed by atoms with Gasteiger partial charge in [0.25, 0.3) is 0 Å². The molecule has 3 amide bonds. The van der Waals surface area contributed by atoms with E-state index < -0.39 is 5.60 Å². The van der Waals surface area contributed by atoms with Crippen molar-refractivity contribution in [2.75, 3.05) is 32.7 Å². The van der Waals surface area contributed by atoms with Crippen LogP contribution in [-0.4, -0.2) is 66.0 Å². The third-order valence-electron chi connectivity index (χ3n) is 4.80. The molecule has 2 rings (SSSR count). The zero-order chi connectivity index (χ0) is 19.2. The molecule has 0 saturated carbocycles. The molecule has 1 N–H and O–H groups in total. The summed E-state index contributed by atoms with van der Waals surface area (Å²) in [6.07, 6.45) is 4.91. The van der Waals surface area contributed by atoms with Gasteiger partial charge in [-0.1, -0.05) is 6.42 Å². The number of hydrogen-bond acceptors (Lipinski definition) is 4. The first-order valence-electron chi connectivity index (χ1n) is 9.80. The standard InChI is InChI=1S/C19H33N3O4/c1-19(2,3)26-18(25)22-12-7-8-15(14-22)17(24)20-10-13-21-11-6-4-5-9-16(21)23/h15H,4-14H2,1-3H3,(H,20,24). The topological polar surface area (TPSA) is 79.0 Å². The van der Waals surface area contributed by atoms with E-state index in [-0.39, 0.29) is 23.8 Å². The Balaban J connectivity index is 1.76. The molecule has 0 aromatic carbocycles. The second kappa shape index (κ2) is 9.24. The van der Waals surface area contributed by atoms with Gasteiger partial charge in [0.15, 0.2) is 0 Å². The molecule has 26 heavy (non-hydrogen) atoms.